The second-order valence-electron chi connectivity index (χ2n) is 6.61. The molecule has 4 rings (SSSR count). The van der Waals surface area contributed by atoms with Gasteiger partial charge in [0, 0.05) is 37.8 Å². The van der Waals surface area contributed by atoms with Crippen molar-refractivity contribution in [3.8, 4) is 5.75 Å². The van der Waals surface area contributed by atoms with Gasteiger partial charge in [-0.3, -0.25) is 0 Å². The van der Waals surface area contributed by atoms with Gasteiger partial charge in [-0.1, -0.05) is 23.3 Å². The highest BCUT2D eigenvalue weighted by Gasteiger charge is 2.26. The minimum absolute atomic E-state index is 0.386. The second kappa shape index (κ2) is 6.76. The van der Waals surface area contributed by atoms with E-state index in [1.165, 1.54) is 5.56 Å². The highest BCUT2D eigenvalue weighted by atomic mass is 16.5. The molecule has 1 saturated heterocycles. The van der Waals surface area contributed by atoms with Crippen molar-refractivity contribution >= 4 is 5.95 Å². The van der Waals surface area contributed by atoms with Crippen LogP contribution in [0, 0.1) is 0 Å². The molecule has 1 fully saturated rings. The molecule has 0 saturated carbocycles. The number of hydrogen-bond donors (Lipinski definition) is 1. The number of nitrogens with one attached hydrogen (secondary N) is 1. The highest BCUT2D eigenvalue weighted by Crippen LogP contribution is 2.32. The topological polar surface area (TPSA) is 68.1 Å². The van der Waals surface area contributed by atoms with Crippen LogP contribution < -0.4 is 15.0 Å². The zero-order valence-electron chi connectivity index (χ0n) is 14.1. The molecular weight excluding hydrogens is 304 g/mol. The van der Waals surface area contributed by atoms with Crippen molar-refractivity contribution < 1.29 is 4.74 Å². The first-order chi connectivity index (χ1) is 11.8. The molecule has 7 nitrogen and oxygen atoms in total. The van der Waals surface area contributed by atoms with Crippen molar-refractivity contribution in [2.75, 3.05) is 24.6 Å². The molecule has 2 aliphatic rings. The smallest absolute Gasteiger partial charge is 0.245 e. The molecule has 2 aromatic rings. The lowest BCUT2D eigenvalue weighted by atomic mass is 9.98. The summed E-state index contributed by atoms with van der Waals surface area (Å²) in [5.41, 5.74) is 1.30. The molecule has 128 valence electrons. The average Bonchev–Trinajstić information content (AvgIpc) is 2.94. The third-order valence-corrected chi connectivity index (χ3v) is 5.00. The van der Waals surface area contributed by atoms with Gasteiger partial charge in [-0.2, -0.15) is 0 Å². The molecule has 1 atom stereocenters. The SMILES string of the molecule is Cn1nnnc1N1CCC(NC2CCCOc3ccccc32)CC1. The molecule has 3 heterocycles. The minimum Gasteiger partial charge on any atom is -0.493 e. The van der Waals surface area contributed by atoms with Crippen molar-refractivity contribution in [2.45, 2.75) is 37.8 Å². The van der Waals surface area contributed by atoms with Gasteiger partial charge in [0.05, 0.1) is 6.61 Å². The Morgan fingerprint density at radius 2 is 2.00 bits per heavy atom. The molecule has 0 bridgehead atoms. The number of aryl methyl sites for hydroxylation is 1. The van der Waals surface area contributed by atoms with Crippen LogP contribution in [-0.4, -0.2) is 45.9 Å². The lowest BCUT2D eigenvalue weighted by Gasteiger charge is -2.34. The summed E-state index contributed by atoms with van der Waals surface area (Å²) in [5, 5.41) is 15.6. The summed E-state index contributed by atoms with van der Waals surface area (Å²) in [5.74, 6) is 1.90. The van der Waals surface area contributed by atoms with E-state index in [-0.39, 0.29) is 0 Å². The number of aromatic nitrogens is 4. The van der Waals surface area contributed by atoms with Crippen LogP contribution in [0.5, 0.6) is 5.75 Å². The number of rotatable bonds is 3. The third-order valence-electron chi connectivity index (χ3n) is 5.00. The van der Waals surface area contributed by atoms with Gasteiger partial charge in [0.1, 0.15) is 5.75 Å². The number of hydrogen-bond acceptors (Lipinski definition) is 6. The maximum atomic E-state index is 5.87. The van der Waals surface area contributed by atoms with Crippen LogP contribution in [0.15, 0.2) is 24.3 Å². The van der Waals surface area contributed by atoms with E-state index in [0.717, 1.165) is 57.1 Å². The lowest BCUT2D eigenvalue weighted by molar-refractivity contribution is 0.312. The fourth-order valence-electron chi connectivity index (χ4n) is 3.72. The first-order valence-corrected chi connectivity index (χ1v) is 8.76. The van der Waals surface area contributed by atoms with Gasteiger partial charge in [-0.15, -0.1) is 0 Å². The monoisotopic (exact) mass is 328 g/mol. The van der Waals surface area contributed by atoms with Crippen molar-refractivity contribution in [1.29, 1.82) is 0 Å². The Hall–Kier alpha value is -2.15. The van der Waals surface area contributed by atoms with E-state index in [0.29, 0.717) is 12.1 Å². The van der Waals surface area contributed by atoms with Crippen LogP contribution in [0.2, 0.25) is 0 Å². The van der Waals surface area contributed by atoms with E-state index < -0.39 is 0 Å². The Balaban J connectivity index is 1.40. The summed E-state index contributed by atoms with van der Waals surface area (Å²) in [6.45, 7) is 2.78. The van der Waals surface area contributed by atoms with Gasteiger partial charge in [-0.25, -0.2) is 4.68 Å². The summed E-state index contributed by atoms with van der Waals surface area (Å²) >= 11 is 0. The molecule has 0 radical (unpaired) electrons. The predicted octanol–water partition coefficient (Wildman–Crippen LogP) is 1.68. The average molecular weight is 328 g/mol. The van der Waals surface area contributed by atoms with E-state index in [1.54, 1.807) is 4.68 Å². The molecular formula is C17H24N6O. The first-order valence-electron chi connectivity index (χ1n) is 8.76. The largest absolute Gasteiger partial charge is 0.493 e. The van der Waals surface area contributed by atoms with Gasteiger partial charge in [0.15, 0.2) is 0 Å². The third kappa shape index (κ3) is 3.08. The van der Waals surface area contributed by atoms with Crippen LogP contribution in [0.1, 0.15) is 37.3 Å². The van der Waals surface area contributed by atoms with E-state index in [4.69, 9.17) is 4.74 Å². The normalized spacial score (nSPS) is 21.9. The quantitative estimate of drug-likeness (QED) is 0.925. The summed E-state index contributed by atoms with van der Waals surface area (Å²) < 4.78 is 7.62. The van der Waals surface area contributed by atoms with Crippen LogP contribution in [0.4, 0.5) is 5.95 Å². The van der Waals surface area contributed by atoms with Crippen molar-refractivity contribution in [3.05, 3.63) is 29.8 Å². The number of tetrazole rings is 1. The number of anilines is 1. The molecule has 1 N–H and O–H groups in total. The van der Waals surface area contributed by atoms with E-state index in [9.17, 15) is 0 Å². The molecule has 1 unspecified atom stereocenters. The van der Waals surface area contributed by atoms with Crippen molar-refractivity contribution in [1.82, 2.24) is 25.5 Å². The molecule has 0 aliphatic carbocycles. The number of para-hydroxylation sites is 1. The van der Waals surface area contributed by atoms with Crippen molar-refractivity contribution in [2.24, 2.45) is 7.05 Å². The van der Waals surface area contributed by atoms with E-state index in [2.05, 4.69) is 50.0 Å². The maximum Gasteiger partial charge on any atom is 0.245 e. The zero-order valence-corrected chi connectivity index (χ0v) is 14.1. The highest BCUT2D eigenvalue weighted by molar-refractivity contribution is 5.36. The van der Waals surface area contributed by atoms with E-state index >= 15 is 0 Å². The standard InChI is InChI=1S/C17H24N6O/c1-22-17(19-20-21-22)23-10-8-13(9-11-23)18-15-6-4-12-24-16-7-3-2-5-14(15)16/h2-3,5,7,13,15,18H,4,6,8-12H2,1H3. The number of benzene rings is 1. The Kier molecular flexibility index (Phi) is 4.34. The molecule has 0 spiro atoms. The summed E-state index contributed by atoms with van der Waals surface area (Å²) in [6.07, 6.45) is 4.43. The number of piperidine rings is 1. The first kappa shape index (κ1) is 15.4. The fourth-order valence-corrected chi connectivity index (χ4v) is 3.72. The Bertz CT molecular complexity index is 679. The van der Waals surface area contributed by atoms with Gasteiger partial charge in [-0.05, 0) is 42.2 Å². The van der Waals surface area contributed by atoms with Crippen LogP contribution in [0.3, 0.4) is 0 Å². The summed E-state index contributed by atoms with van der Waals surface area (Å²) in [6, 6.07) is 9.34. The van der Waals surface area contributed by atoms with Crippen molar-refractivity contribution in [3.63, 3.8) is 0 Å². The Morgan fingerprint density at radius 1 is 1.17 bits per heavy atom. The summed E-state index contributed by atoms with van der Waals surface area (Å²) in [7, 11) is 1.89. The van der Waals surface area contributed by atoms with Gasteiger partial charge in [0.25, 0.3) is 0 Å². The number of fused-ring (bicyclic) bond motifs is 1. The fraction of sp³-hybridized carbons (Fsp3) is 0.588. The molecule has 24 heavy (non-hydrogen) atoms. The van der Waals surface area contributed by atoms with Gasteiger partial charge >= 0.3 is 0 Å². The van der Waals surface area contributed by atoms with Crippen LogP contribution in [0.25, 0.3) is 0 Å². The van der Waals surface area contributed by atoms with Crippen LogP contribution in [-0.2, 0) is 7.05 Å². The maximum absolute atomic E-state index is 5.87. The molecule has 2 aliphatic heterocycles. The second-order valence-corrected chi connectivity index (χ2v) is 6.61. The van der Waals surface area contributed by atoms with Gasteiger partial charge in [0.2, 0.25) is 5.95 Å². The Morgan fingerprint density at radius 3 is 2.79 bits per heavy atom. The lowest BCUT2D eigenvalue weighted by Crippen LogP contribution is -2.44. The van der Waals surface area contributed by atoms with Gasteiger partial charge < -0.3 is 15.0 Å². The molecule has 1 aromatic carbocycles. The predicted molar refractivity (Wildman–Crippen MR) is 91.1 cm³/mol. The zero-order chi connectivity index (χ0) is 16.4. The molecule has 0 amide bonds. The van der Waals surface area contributed by atoms with Crippen LogP contribution >= 0.6 is 0 Å². The molecule has 7 heteroatoms. The number of ether oxygens (including phenoxy) is 1. The number of nitrogens with zero attached hydrogens (tertiary/aromatic N) is 5. The Labute approximate surface area is 142 Å². The van der Waals surface area contributed by atoms with E-state index in [1.807, 2.05) is 7.05 Å². The molecule has 1 aromatic heterocycles. The minimum atomic E-state index is 0.386. The summed E-state index contributed by atoms with van der Waals surface area (Å²) in [4.78, 5) is 2.27.